The normalized spacial score (nSPS) is 10.4. The molecule has 1 amide bonds. The van der Waals surface area contributed by atoms with E-state index in [1.54, 1.807) is 6.20 Å². The number of aromatic nitrogens is 1. The van der Waals surface area contributed by atoms with Crippen molar-refractivity contribution in [3.8, 4) is 0 Å². The lowest BCUT2D eigenvalue weighted by molar-refractivity contribution is -0.118. The molecule has 1 N–H and O–H groups in total. The van der Waals surface area contributed by atoms with E-state index in [1.165, 1.54) is 6.92 Å². The Morgan fingerprint density at radius 1 is 1.57 bits per heavy atom. The summed E-state index contributed by atoms with van der Waals surface area (Å²) in [7, 11) is 0. The van der Waals surface area contributed by atoms with Gasteiger partial charge in [-0.3, -0.25) is 9.78 Å². The molecule has 0 aromatic carbocycles. The van der Waals surface area contributed by atoms with Crippen LogP contribution in [0.15, 0.2) is 24.4 Å². The summed E-state index contributed by atoms with van der Waals surface area (Å²) in [4.78, 5) is 14.7. The number of aryl methyl sites for hydroxylation is 1. The Hall–Kier alpha value is -1.64. The zero-order chi connectivity index (χ0) is 10.4. The highest BCUT2D eigenvalue weighted by atomic mass is 16.1. The van der Waals surface area contributed by atoms with E-state index in [0.29, 0.717) is 6.54 Å². The predicted molar refractivity (Wildman–Crippen MR) is 56.7 cm³/mol. The summed E-state index contributed by atoms with van der Waals surface area (Å²) in [6, 6.07) is 3.95. The molecule has 74 valence electrons. The van der Waals surface area contributed by atoms with Crippen LogP contribution in [0.1, 0.15) is 18.2 Å². The first-order chi connectivity index (χ1) is 6.68. The second kappa shape index (κ2) is 5.17. The van der Waals surface area contributed by atoms with Gasteiger partial charge < -0.3 is 5.32 Å². The standard InChI is InChI=1S/C11H14N2O/c1-9-5-6-11(8-13-9)4-3-7-12-10(2)14/h3-6,8H,7H2,1-2H3,(H,12,14). The fraction of sp³-hybridized carbons (Fsp3) is 0.273. The molecule has 1 aromatic rings. The summed E-state index contributed by atoms with van der Waals surface area (Å²) < 4.78 is 0. The van der Waals surface area contributed by atoms with Crippen LogP contribution in [0.3, 0.4) is 0 Å². The number of rotatable bonds is 3. The van der Waals surface area contributed by atoms with Crippen molar-refractivity contribution in [1.29, 1.82) is 0 Å². The molecule has 1 rings (SSSR count). The summed E-state index contributed by atoms with van der Waals surface area (Å²) in [5, 5.41) is 2.68. The van der Waals surface area contributed by atoms with Crippen molar-refractivity contribution in [1.82, 2.24) is 10.3 Å². The van der Waals surface area contributed by atoms with Gasteiger partial charge in [0.2, 0.25) is 5.91 Å². The van der Waals surface area contributed by atoms with E-state index in [0.717, 1.165) is 11.3 Å². The van der Waals surface area contributed by atoms with E-state index < -0.39 is 0 Å². The van der Waals surface area contributed by atoms with Crippen LogP contribution in [0, 0.1) is 6.92 Å². The van der Waals surface area contributed by atoms with Crippen molar-refractivity contribution in [2.75, 3.05) is 6.54 Å². The number of amides is 1. The van der Waals surface area contributed by atoms with Gasteiger partial charge in [0.25, 0.3) is 0 Å². The van der Waals surface area contributed by atoms with E-state index in [4.69, 9.17) is 0 Å². The van der Waals surface area contributed by atoms with E-state index in [2.05, 4.69) is 10.3 Å². The highest BCUT2D eigenvalue weighted by Crippen LogP contribution is 2.00. The molecule has 1 heterocycles. The molecule has 0 aliphatic heterocycles. The van der Waals surface area contributed by atoms with Crippen molar-refractivity contribution < 1.29 is 4.79 Å². The van der Waals surface area contributed by atoms with Crippen molar-refractivity contribution in [2.45, 2.75) is 13.8 Å². The SMILES string of the molecule is CC(=O)NCC=Cc1ccc(C)nc1. The van der Waals surface area contributed by atoms with Gasteiger partial charge in [0, 0.05) is 25.4 Å². The van der Waals surface area contributed by atoms with E-state index in [9.17, 15) is 4.79 Å². The molecule has 14 heavy (non-hydrogen) atoms. The van der Waals surface area contributed by atoms with E-state index in [1.807, 2.05) is 31.2 Å². The van der Waals surface area contributed by atoms with Gasteiger partial charge in [0.1, 0.15) is 0 Å². The maximum atomic E-state index is 10.5. The highest BCUT2D eigenvalue weighted by molar-refractivity contribution is 5.73. The summed E-state index contributed by atoms with van der Waals surface area (Å²) >= 11 is 0. The maximum Gasteiger partial charge on any atom is 0.217 e. The maximum absolute atomic E-state index is 10.5. The molecule has 0 unspecified atom stereocenters. The molecule has 0 aliphatic carbocycles. The zero-order valence-corrected chi connectivity index (χ0v) is 8.45. The van der Waals surface area contributed by atoms with Gasteiger partial charge in [0.15, 0.2) is 0 Å². The van der Waals surface area contributed by atoms with Crippen molar-refractivity contribution in [3.63, 3.8) is 0 Å². The van der Waals surface area contributed by atoms with Gasteiger partial charge in [-0.05, 0) is 18.6 Å². The lowest BCUT2D eigenvalue weighted by atomic mass is 10.2. The number of nitrogens with one attached hydrogen (secondary N) is 1. The molecule has 0 spiro atoms. The number of nitrogens with zero attached hydrogens (tertiary/aromatic N) is 1. The molecule has 0 saturated heterocycles. The first-order valence-corrected chi connectivity index (χ1v) is 4.52. The van der Waals surface area contributed by atoms with Crippen molar-refractivity contribution >= 4 is 12.0 Å². The van der Waals surface area contributed by atoms with Crippen LogP contribution in [0.25, 0.3) is 6.08 Å². The Morgan fingerprint density at radius 3 is 2.93 bits per heavy atom. The third kappa shape index (κ3) is 3.85. The minimum absolute atomic E-state index is 0.0170. The molecule has 1 aromatic heterocycles. The van der Waals surface area contributed by atoms with E-state index >= 15 is 0 Å². The quantitative estimate of drug-likeness (QED) is 0.785. The largest absolute Gasteiger partial charge is 0.353 e. The Morgan fingerprint density at radius 2 is 2.36 bits per heavy atom. The lowest BCUT2D eigenvalue weighted by Gasteiger charge is -1.95. The Balaban J connectivity index is 2.44. The number of pyridine rings is 1. The molecule has 0 bridgehead atoms. The second-order valence-corrected chi connectivity index (χ2v) is 3.07. The Bertz CT molecular complexity index is 328. The minimum Gasteiger partial charge on any atom is -0.353 e. The minimum atomic E-state index is -0.0170. The first-order valence-electron chi connectivity index (χ1n) is 4.52. The molecule has 0 aliphatic rings. The van der Waals surface area contributed by atoms with Crippen LogP contribution in [-0.2, 0) is 4.79 Å². The van der Waals surface area contributed by atoms with E-state index in [-0.39, 0.29) is 5.91 Å². The first kappa shape index (κ1) is 10.4. The molecule has 0 radical (unpaired) electrons. The summed E-state index contributed by atoms with van der Waals surface area (Å²) in [5.41, 5.74) is 2.05. The number of hydrogen-bond donors (Lipinski definition) is 1. The van der Waals surface area contributed by atoms with Crippen molar-refractivity contribution in [2.24, 2.45) is 0 Å². The molecule has 0 saturated carbocycles. The Kier molecular flexibility index (Phi) is 3.85. The van der Waals surface area contributed by atoms with Gasteiger partial charge in [-0.15, -0.1) is 0 Å². The summed E-state index contributed by atoms with van der Waals surface area (Å²) in [6.07, 6.45) is 5.63. The average molecular weight is 190 g/mol. The number of carbonyl (C=O) groups excluding carboxylic acids is 1. The molecule has 0 atom stereocenters. The summed E-state index contributed by atoms with van der Waals surface area (Å²) in [5.74, 6) is -0.0170. The zero-order valence-electron chi connectivity index (χ0n) is 8.45. The second-order valence-electron chi connectivity index (χ2n) is 3.07. The van der Waals surface area contributed by atoms with Gasteiger partial charge in [0.05, 0.1) is 0 Å². The third-order valence-electron chi connectivity index (χ3n) is 1.71. The number of hydrogen-bond acceptors (Lipinski definition) is 2. The van der Waals surface area contributed by atoms with Crippen LogP contribution in [0.5, 0.6) is 0 Å². The predicted octanol–water partition coefficient (Wildman–Crippen LogP) is 1.54. The molecular formula is C11H14N2O. The lowest BCUT2D eigenvalue weighted by Crippen LogP contribution is -2.19. The van der Waals surface area contributed by atoms with Crippen LogP contribution in [-0.4, -0.2) is 17.4 Å². The van der Waals surface area contributed by atoms with Crippen LogP contribution in [0.4, 0.5) is 0 Å². The fourth-order valence-electron chi connectivity index (χ4n) is 0.975. The van der Waals surface area contributed by atoms with Crippen LogP contribution >= 0.6 is 0 Å². The van der Waals surface area contributed by atoms with Gasteiger partial charge in [-0.25, -0.2) is 0 Å². The highest BCUT2D eigenvalue weighted by Gasteiger charge is 1.88. The molecule has 3 heteroatoms. The Labute approximate surface area is 83.9 Å². The van der Waals surface area contributed by atoms with Crippen LogP contribution in [0.2, 0.25) is 0 Å². The monoisotopic (exact) mass is 190 g/mol. The van der Waals surface area contributed by atoms with Gasteiger partial charge in [-0.2, -0.15) is 0 Å². The molecule has 3 nitrogen and oxygen atoms in total. The van der Waals surface area contributed by atoms with Crippen LogP contribution < -0.4 is 5.32 Å². The van der Waals surface area contributed by atoms with Gasteiger partial charge >= 0.3 is 0 Å². The summed E-state index contributed by atoms with van der Waals surface area (Å²) in [6.45, 7) is 4.01. The molecular weight excluding hydrogens is 176 g/mol. The average Bonchev–Trinajstić information content (AvgIpc) is 2.15. The smallest absolute Gasteiger partial charge is 0.217 e. The molecule has 0 fully saturated rings. The van der Waals surface area contributed by atoms with Crippen molar-refractivity contribution in [3.05, 3.63) is 35.7 Å². The fourth-order valence-corrected chi connectivity index (χ4v) is 0.975. The third-order valence-corrected chi connectivity index (χ3v) is 1.71. The number of carbonyl (C=O) groups is 1. The topological polar surface area (TPSA) is 42.0 Å². The van der Waals surface area contributed by atoms with Gasteiger partial charge in [-0.1, -0.05) is 18.2 Å².